The Morgan fingerprint density at radius 3 is 2.62 bits per heavy atom. The quantitative estimate of drug-likeness (QED) is 0.694. The van der Waals surface area contributed by atoms with Crippen LogP contribution in [0.3, 0.4) is 0 Å². The van der Waals surface area contributed by atoms with Crippen LogP contribution >= 0.6 is 0 Å². The van der Waals surface area contributed by atoms with E-state index in [0.29, 0.717) is 17.8 Å². The Kier molecular flexibility index (Phi) is 5.26. The highest BCUT2D eigenvalue weighted by molar-refractivity contribution is 5.70. The van der Waals surface area contributed by atoms with Gasteiger partial charge >= 0.3 is 5.97 Å². The van der Waals surface area contributed by atoms with Gasteiger partial charge in [0, 0.05) is 7.11 Å². The minimum absolute atomic E-state index is 0.0652. The molecule has 1 aliphatic carbocycles. The van der Waals surface area contributed by atoms with Crippen molar-refractivity contribution in [2.75, 3.05) is 13.7 Å². The minimum atomic E-state index is -0.229. The fraction of sp³-hybridized carbons (Fsp3) is 0.923. The van der Waals surface area contributed by atoms with Crippen molar-refractivity contribution in [3.8, 4) is 0 Å². The predicted octanol–water partition coefficient (Wildman–Crippen LogP) is 2.64. The Labute approximate surface area is 98.5 Å². The highest BCUT2D eigenvalue weighted by Crippen LogP contribution is 2.35. The maximum atomic E-state index is 11.4. The van der Waals surface area contributed by atoms with Crippen LogP contribution < -0.4 is 0 Å². The Morgan fingerprint density at radius 2 is 2.06 bits per heavy atom. The van der Waals surface area contributed by atoms with Crippen LogP contribution in [0.1, 0.15) is 40.0 Å². The summed E-state index contributed by atoms with van der Waals surface area (Å²) in [5, 5.41) is 0. The van der Waals surface area contributed by atoms with Crippen LogP contribution in [-0.2, 0) is 14.3 Å². The Morgan fingerprint density at radius 1 is 1.38 bits per heavy atom. The molecule has 0 aliphatic heterocycles. The van der Waals surface area contributed by atoms with Gasteiger partial charge in [-0.2, -0.15) is 0 Å². The van der Waals surface area contributed by atoms with Crippen molar-refractivity contribution in [1.82, 2.24) is 0 Å². The SMILES string of the molecule is COCC(=O)OC1C[C@H](C)CCC1C(C)C. The van der Waals surface area contributed by atoms with Gasteiger partial charge in [-0.15, -0.1) is 0 Å². The Hall–Kier alpha value is -0.570. The lowest BCUT2D eigenvalue weighted by Crippen LogP contribution is -2.36. The first-order valence-electron chi connectivity index (χ1n) is 6.23. The van der Waals surface area contributed by atoms with Crippen LogP contribution in [-0.4, -0.2) is 25.8 Å². The Bertz CT molecular complexity index is 225. The van der Waals surface area contributed by atoms with Crippen molar-refractivity contribution in [3.63, 3.8) is 0 Å². The van der Waals surface area contributed by atoms with Crippen LogP contribution in [0.25, 0.3) is 0 Å². The molecule has 1 rings (SSSR count). The van der Waals surface area contributed by atoms with Crippen molar-refractivity contribution >= 4 is 5.97 Å². The van der Waals surface area contributed by atoms with Gasteiger partial charge in [0.05, 0.1) is 0 Å². The lowest BCUT2D eigenvalue weighted by atomic mass is 9.75. The van der Waals surface area contributed by atoms with E-state index in [0.717, 1.165) is 6.42 Å². The largest absolute Gasteiger partial charge is 0.460 e. The van der Waals surface area contributed by atoms with E-state index < -0.39 is 0 Å². The number of carbonyl (C=O) groups is 1. The normalized spacial score (nSPS) is 30.4. The molecule has 1 saturated carbocycles. The maximum absolute atomic E-state index is 11.4. The van der Waals surface area contributed by atoms with Gasteiger partial charge in [0.1, 0.15) is 12.7 Å². The molecule has 16 heavy (non-hydrogen) atoms. The summed E-state index contributed by atoms with van der Waals surface area (Å²) in [6.45, 7) is 6.71. The molecule has 0 N–H and O–H groups in total. The zero-order valence-electron chi connectivity index (χ0n) is 10.9. The number of esters is 1. The van der Waals surface area contributed by atoms with Crippen molar-refractivity contribution in [2.45, 2.75) is 46.1 Å². The van der Waals surface area contributed by atoms with Gasteiger partial charge in [-0.1, -0.05) is 27.2 Å². The maximum Gasteiger partial charge on any atom is 0.332 e. The molecule has 0 radical (unpaired) electrons. The summed E-state index contributed by atoms with van der Waals surface area (Å²) < 4.78 is 10.3. The number of rotatable bonds is 4. The van der Waals surface area contributed by atoms with E-state index in [-0.39, 0.29) is 18.7 Å². The van der Waals surface area contributed by atoms with Crippen molar-refractivity contribution in [2.24, 2.45) is 17.8 Å². The molecule has 0 bridgehead atoms. The Balaban J connectivity index is 2.54. The predicted molar refractivity (Wildman–Crippen MR) is 63.1 cm³/mol. The summed E-state index contributed by atoms with van der Waals surface area (Å²) >= 11 is 0. The third kappa shape index (κ3) is 3.78. The van der Waals surface area contributed by atoms with Crippen LogP contribution in [0.4, 0.5) is 0 Å². The molecule has 0 aromatic rings. The van der Waals surface area contributed by atoms with E-state index in [1.165, 1.54) is 20.0 Å². The number of ether oxygens (including phenoxy) is 2. The monoisotopic (exact) mass is 228 g/mol. The molecule has 0 amide bonds. The fourth-order valence-electron chi connectivity index (χ4n) is 2.57. The molecule has 3 atom stereocenters. The minimum Gasteiger partial charge on any atom is -0.460 e. The number of carbonyl (C=O) groups excluding carboxylic acids is 1. The van der Waals surface area contributed by atoms with Crippen LogP contribution in [0, 0.1) is 17.8 Å². The van der Waals surface area contributed by atoms with Crippen LogP contribution in [0.15, 0.2) is 0 Å². The van der Waals surface area contributed by atoms with Crippen molar-refractivity contribution < 1.29 is 14.3 Å². The smallest absolute Gasteiger partial charge is 0.332 e. The topological polar surface area (TPSA) is 35.5 Å². The zero-order valence-corrected chi connectivity index (χ0v) is 10.9. The molecular formula is C13H24O3. The van der Waals surface area contributed by atoms with Crippen molar-refractivity contribution in [1.29, 1.82) is 0 Å². The third-order valence-corrected chi connectivity index (χ3v) is 3.51. The van der Waals surface area contributed by atoms with E-state index in [9.17, 15) is 4.79 Å². The molecule has 1 aliphatic rings. The van der Waals surface area contributed by atoms with Gasteiger partial charge < -0.3 is 9.47 Å². The first-order chi connectivity index (χ1) is 7.54. The highest BCUT2D eigenvalue weighted by Gasteiger charge is 2.33. The summed E-state index contributed by atoms with van der Waals surface area (Å²) in [6, 6.07) is 0. The summed E-state index contributed by atoms with van der Waals surface area (Å²) in [7, 11) is 1.52. The molecular weight excluding hydrogens is 204 g/mol. The number of methoxy groups -OCH3 is 1. The second-order valence-corrected chi connectivity index (χ2v) is 5.29. The number of hydrogen-bond donors (Lipinski definition) is 0. The summed E-state index contributed by atoms with van der Waals surface area (Å²) in [4.78, 5) is 11.4. The average molecular weight is 228 g/mol. The molecule has 94 valence electrons. The highest BCUT2D eigenvalue weighted by atomic mass is 16.6. The average Bonchev–Trinajstić information content (AvgIpc) is 2.17. The molecule has 0 saturated heterocycles. The first kappa shape index (κ1) is 13.5. The van der Waals surface area contributed by atoms with Crippen LogP contribution in [0.5, 0.6) is 0 Å². The van der Waals surface area contributed by atoms with Crippen molar-refractivity contribution in [3.05, 3.63) is 0 Å². The molecule has 2 unspecified atom stereocenters. The van der Waals surface area contributed by atoms with E-state index in [2.05, 4.69) is 20.8 Å². The lowest BCUT2D eigenvalue weighted by Gasteiger charge is -2.36. The molecule has 3 nitrogen and oxygen atoms in total. The molecule has 0 heterocycles. The van der Waals surface area contributed by atoms with E-state index >= 15 is 0 Å². The zero-order chi connectivity index (χ0) is 12.1. The molecule has 1 fully saturated rings. The van der Waals surface area contributed by atoms with Gasteiger partial charge in [0.2, 0.25) is 0 Å². The second-order valence-electron chi connectivity index (χ2n) is 5.29. The van der Waals surface area contributed by atoms with E-state index in [4.69, 9.17) is 9.47 Å². The molecule has 0 spiro atoms. The summed E-state index contributed by atoms with van der Waals surface area (Å²) in [5.74, 6) is 1.52. The van der Waals surface area contributed by atoms with Gasteiger partial charge in [0.15, 0.2) is 0 Å². The summed E-state index contributed by atoms with van der Waals surface area (Å²) in [6.07, 6.45) is 3.51. The van der Waals surface area contributed by atoms with Crippen LogP contribution in [0.2, 0.25) is 0 Å². The third-order valence-electron chi connectivity index (χ3n) is 3.51. The van der Waals surface area contributed by atoms with Gasteiger partial charge in [-0.25, -0.2) is 4.79 Å². The standard InChI is InChI=1S/C13H24O3/c1-9(2)11-6-5-10(3)7-12(11)16-13(14)8-15-4/h9-12H,5-8H2,1-4H3/t10-,11?,12?/m1/s1. The molecule has 0 aromatic heterocycles. The van der Waals surface area contributed by atoms with E-state index in [1.54, 1.807) is 0 Å². The fourth-order valence-corrected chi connectivity index (χ4v) is 2.57. The summed E-state index contributed by atoms with van der Waals surface area (Å²) in [5.41, 5.74) is 0. The van der Waals surface area contributed by atoms with Gasteiger partial charge in [0.25, 0.3) is 0 Å². The van der Waals surface area contributed by atoms with E-state index in [1.807, 2.05) is 0 Å². The molecule has 3 heteroatoms. The lowest BCUT2D eigenvalue weighted by molar-refractivity contribution is -0.160. The number of hydrogen-bond acceptors (Lipinski definition) is 3. The molecule has 0 aromatic carbocycles. The van der Waals surface area contributed by atoms with Gasteiger partial charge in [-0.3, -0.25) is 0 Å². The first-order valence-corrected chi connectivity index (χ1v) is 6.23. The van der Waals surface area contributed by atoms with Gasteiger partial charge in [-0.05, 0) is 30.6 Å². The second kappa shape index (κ2) is 6.24.